The summed E-state index contributed by atoms with van der Waals surface area (Å²) >= 11 is 0. The fourth-order valence-corrected chi connectivity index (χ4v) is 8.08. The summed E-state index contributed by atoms with van der Waals surface area (Å²) in [5.74, 6) is -1.60. The Balaban J connectivity index is 1.63. The van der Waals surface area contributed by atoms with E-state index in [4.69, 9.17) is 14.2 Å². The van der Waals surface area contributed by atoms with E-state index in [0.717, 1.165) is 23.1 Å². The molecule has 7 heteroatoms. The quantitative estimate of drug-likeness (QED) is 0.398. The predicted octanol–water partition coefficient (Wildman–Crippen LogP) is 5.06. The van der Waals surface area contributed by atoms with Crippen molar-refractivity contribution in [2.75, 3.05) is 0 Å². The lowest BCUT2D eigenvalue weighted by atomic mass is 9.51. The summed E-state index contributed by atoms with van der Waals surface area (Å²) in [5.41, 5.74) is 0.568. The number of esters is 3. The fourth-order valence-electron chi connectivity index (χ4n) is 8.08. The number of ether oxygens (including phenoxy) is 3. The molecular weight excluding hydrogens is 496 g/mol. The molecule has 0 aromatic rings. The summed E-state index contributed by atoms with van der Waals surface area (Å²) in [4.78, 5) is 37.1. The second-order valence-electron chi connectivity index (χ2n) is 13.0. The molecule has 0 unspecified atom stereocenters. The second kappa shape index (κ2) is 9.05. The van der Waals surface area contributed by atoms with Crippen LogP contribution in [0.15, 0.2) is 58.7 Å². The van der Waals surface area contributed by atoms with Gasteiger partial charge in [0.2, 0.25) is 0 Å². The van der Waals surface area contributed by atoms with Gasteiger partial charge in [-0.15, -0.1) is 0 Å². The van der Waals surface area contributed by atoms with Gasteiger partial charge in [-0.25, -0.2) is 9.59 Å². The Morgan fingerprint density at radius 1 is 1.15 bits per heavy atom. The van der Waals surface area contributed by atoms with Gasteiger partial charge in [0, 0.05) is 54.1 Å². The van der Waals surface area contributed by atoms with Crippen LogP contribution in [-0.2, 0) is 28.6 Å². The highest BCUT2D eigenvalue weighted by molar-refractivity contribution is 5.88. The van der Waals surface area contributed by atoms with Crippen LogP contribution >= 0.6 is 0 Å². The number of fused-ring (bicyclic) bond motifs is 3. The maximum Gasteiger partial charge on any atom is 0.333 e. The van der Waals surface area contributed by atoms with Crippen LogP contribution in [0.3, 0.4) is 0 Å². The zero-order chi connectivity index (χ0) is 28.5. The van der Waals surface area contributed by atoms with E-state index in [2.05, 4.69) is 32.1 Å². The number of hydrogen-bond acceptors (Lipinski definition) is 7. The number of carbonyl (C=O) groups excluding carboxylic acids is 3. The average Bonchev–Trinajstić information content (AvgIpc) is 2.94. The van der Waals surface area contributed by atoms with Crippen molar-refractivity contribution in [1.29, 1.82) is 0 Å². The largest absolute Gasteiger partial charge is 0.462 e. The maximum atomic E-state index is 12.4. The van der Waals surface area contributed by atoms with Gasteiger partial charge < -0.3 is 19.3 Å². The summed E-state index contributed by atoms with van der Waals surface area (Å²) in [6.07, 6.45) is 12.7. The van der Waals surface area contributed by atoms with E-state index < -0.39 is 40.2 Å². The molecule has 7 atom stereocenters. The van der Waals surface area contributed by atoms with E-state index in [1.165, 1.54) is 13.0 Å². The van der Waals surface area contributed by atoms with Crippen LogP contribution < -0.4 is 0 Å². The van der Waals surface area contributed by atoms with Gasteiger partial charge in [0.1, 0.15) is 23.4 Å². The van der Waals surface area contributed by atoms with Gasteiger partial charge in [0.05, 0.1) is 0 Å². The van der Waals surface area contributed by atoms with E-state index in [1.807, 2.05) is 26.0 Å². The van der Waals surface area contributed by atoms with Crippen molar-refractivity contribution in [1.82, 2.24) is 0 Å². The molecule has 39 heavy (non-hydrogen) atoms. The first kappa shape index (κ1) is 27.6. The molecule has 1 N–H and O–H groups in total. The Morgan fingerprint density at radius 2 is 1.87 bits per heavy atom. The van der Waals surface area contributed by atoms with Gasteiger partial charge in [-0.1, -0.05) is 44.2 Å². The van der Waals surface area contributed by atoms with Crippen LogP contribution in [0.5, 0.6) is 0 Å². The number of rotatable bonds is 3. The average molecular weight is 537 g/mol. The van der Waals surface area contributed by atoms with Crippen molar-refractivity contribution in [3.8, 4) is 0 Å². The van der Waals surface area contributed by atoms with Crippen LogP contribution in [0.2, 0.25) is 0 Å². The number of aliphatic hydroxyl groups is 1. The van der Waals surface area contributed by atoms with Crippen molar-refractivity contribution in [2.24, 2.45) is 22.7 Å². The molecule has 1 saturated carbocycles. The minimum Gasteiger partial charge on any atom is -0.462 e. The third kappa shape index (κ3) is 4.16. The monoisotopic (exact) mass is 536 g/mol. The van der Waals surface area contributed by atoms with Crippen LogP contribution in [0.25, 0.3) is 0 Å². The normalized spacial score (nSPS) is 38.6. The van der Waals surface area contributed by atoms with Crippen LogP contribution in [0.4, 0.5) is 0 Å². The van der Waals surface area contributed by atoms with Crippen LogP contribution in [0.1, 0.15) is 74.1 Å². The molecule has 0 aromatic heterocycles. The minimum absolute atomic E-state index is 0.148. The second-order valence-corrected chi connectivity index (χ2v) is 13.0. The maximum absolute atomic E-state index is 12.4. The molecule has 3 aliphatic carbocycles. The molecule has 0 aromatic carbocycles. The molecule has 5 rings (SSSR count). The van der Waals surface area contributed by atoms with E-state index >= 15 is 0 Å². The molecule has 2 heterocycles. The minimum atomic E-state index is -1.34. The number of allylic oxidation sites excluding steroid dienone is 4. The Labute approximate surface area is 230 Å². The Kier molecular flexibility index (Phi) is 6.41. The van der Waals surface area contributed by atoms with Crippen molar-refractivity contribution in [3.63, 3.8) is 0 Å². The third-order valence-electron chi connectivity index (χ3n) is 10.4. The highest BCUT2D eigenvalue weighted by Crippen LogP contribution is 2.69. The first-order valence-corrected chi connectivity index (χ1v) is 13.9. The van der Waals surface area contributed by atoms with Crippen molar-refractivity contribution < 1.29 is 33.7 Å². The zero-order valence-corrected chi connectivity index (χ0v) is 24.0. The zero-order valence-electron chi connectivity index (χ0n) is 24.0. The summed E-state index contributed by atoms with van der Waals surface area (Å²) < 4.78 is 17.6. The van der Waals surface area contributed by atoms with Gasteiger partial charge >= 0.3 is 17.9 Å². The van der Waals surface area contributed by atoms with E-state index in [1.54, 1.807) is 13.8 Å². The smallest absolute Gasteiger partial charge is 0.333 e. The molecule has 0 amide bonds. The SMILES string of the molecule is CC(=O)O[C@H]1CC2=C(C=C[C@@H]3C(=C2)C=CC(=O)OC3(C)C)[C@]2(C)CC[C@H]([C@@](C)(O)[C@@H]3CC=C(C)C(=O)O3)[C@@]12C. The van der Waals surface area contributed by atoms with Gasteiger partial charge in [-0.3, -0.25) is 4.79 Å². The van der Waals surface area contributed by atoms with Gasteiger partial charge in [-0.05, 0) is 57.3 Å². The lowest BCUT2D eigenvalue weighted by molar-refractivity contribution is -0.196. The van der Waals surface area contributed by atoms with Gasteiger partial charge in [0.15, 0.2) is 0 Å². The molecule has 0 saturated heterocycles. The molecule has 5 aliphatic rings. The lowest BCUT2D eigenvalue weighted by Crippen LogP contribution is -2.60. The van der Waals surface area contributed by atoms with Gasteiger partial charge in [0.25, 0.3) is 0 Å². The summed E-state index contributed by atoms with van der Waals surface area (Å²) in [7, 11) is 0. The third-order valence-corrected chi connectivity index (χ3v) is 10.4. The standard InChI is InChI=1S/C32H40O7/c1-18-8-12-25(38-28(18)35)32(7,36)24-14-15-30(5)23-11-10-22-20(9-13-27(34)39-29(22,3)4)16-21(23)17-26(31(24,30)6)37-19(2)33/h8-11,13,16,22,24-26,36H,12,14-15,17H2,1-7H3/t22-,24+,25+,26+,30+,31+,32-/m1/s1. The highest BCUT2D eigenvalue weighted by atomic mass is 16.6. The number of cyclic esters (lactones) is 2. The Morgan fingerprint density at radius 3 is 2.54 bits per heavy atom. The Hall–Kier alpha value is -2.93. The van der Waals surface area contributed by atoms with Crippen LogP contribution in [-0.4, -0.2) is 46.4 Å². The highest BCUT2D eigenvalue weighted by Gasteiger charge is 2.68. The molecule has 0 radical (unpaired) electrons. The van der Waals surface area contributed by atoms with E-state index in [0.29, 0.717) is 24.8 Å². The van der Waals surface area contributed by atoms with Crippen molar-refractivity contribution in [3.05, 3.63) is 58.7 Å². The van der Waals surface area contributed by atoms with Crippen molar-refractivity contribution >= 4 is 17.9 Å². The van der Waals surface area contributed by atoms with Crippen LogP contribution in [0, 0.1) is 22.7 Å². The van der Waals surface area contributed by atoms with Crippen molar-refractivity contribution in [2.45, 2.75) is 97.6 Å². The predicted molar refractivity (Wildman–Crippen MR) is 145 cm³/mol. The Bertz CT molecular complexity index is 1270. The molecular formula is C32H40O7. The fraction of sp³-hybridized carbons (Fsp3) is 0.594. The molecule has 210 valence electrons. The number of hydrogen-bond donors (Lipinski definition) is 1. The molecule has 2 aliphatic heterocycles. The lowest BCUT2D eigenvalue weighted by Gasteiger charge is -2.56. The number of carbonyl (C=O) groups is 3. The summed E-state index contributed by atoms with van der Waals surface area (Å²) in [6, 6.07) is 0. The first-order valence-electron chi connectivity index (χ1n) is 13.9. The van der Waals surface area contributed by atoms with Gasteiger partial charge in [-0.2, -0.15) is 0 Å². The van der Waals surface area contributed by atoms with E-state index in [-0.39, 0.29) is 23.8 Å². The molecule has 7 nitrogen and oxygen atoms in total. The first-order chi connectivity index (χ1) is 18.1. The van der Waals surface area contributed by atoms with E-state index in [9.17, 15) is 19.5 Å². The molecule has 0 spiro atoms. The summed E-state index contributed by atoms with van der Waals surface area (Å²) in [6.45, 7) is 13.1. The topological polar surface area (TPSA) is 99.1 Å². The summed E-state index contributed by atoms with van der Waals surface area (Å²) in [5, 5.41) is 12.1. The molecule has 0 bridgehead atoms. The molecule has 1 fully saturated rings.